The monoisotopic (exact) mass is 597 g/mol. The summed E-state index contributed by atoms with van der Waals surface area (Å²) >= 11 is 0. The van der Waals surface area contributed by atoms with Gasteiger partial charge in [0.2, 0.25) is 0 Å². The molecule has 240 valence electrons. The van der Waals surface area contributed by atoms with Gasteiger partial charge in [-0.05, 0) is 52.8 Å². The predicted octanol–water partition coefficient (Wildman–Crippen LogP) is 1.40. The molecule has 2 rings (SSSR count). The number of cyclic esters (lactones) is 1. The van der Waals surface area contributed by atoms with Gasteiger partial charge < -0.3 is 44.3 Å². The average molecular weight is 598 g/mol. The number of carbonyl (C=O) groups excluding carboxylic acids is 3. The largest absolute Gasteiger partial charge is 0.462 e. The van der Waals surface area contributed by atoms with Crippen molar-refractivity contribution in [2.45, 2.75) is 109 Å². The van der Waals surface area contributed by atoms with E-state index in [2.05, 4.69) is 0 Å². The van der Waals surface area contributed by atoms with Crippen LogP contribution < -0.4 is 0 Å². The molecule has 0 aliphatic carbocycles. The van der Waals surface area contributed by atoms with Crippen molar-refractivity contribution < 1.29 is 49.0 Å². The van der Waals surface area contributed by atoms with Gasteiger partial charge in [-0.2, -0.15) is 0 Å². The van der Waals surface area contributed by atoms with Gasteiger partial charge in [0.25, 0.3) is 0 Å². The number of allylic oxidation sites excluding steroid dienone is 3. The van der Waals surface area contributed by atoms with E-state index in [1.165, 1.54) is 6.08 Å². The summed E-state index contributed by atoms with van der Waals surface area (Å²) in [5.74, 6) is -3.16. The molecule has 0 aromatic rings. The Hall–Kier alpha value is -1.99. The molecule has 0 aromatic heterocycles. The summed E-state index contributed by atoms with van der Waals surface area (Å²) in [6, 6.07) is -0.711. The molecule has 0 unspecified atom stereocenters. The summed E-state index contributed by atoms with van der Waals surface area (Å²) in [4.78, 5) is 39.6. The van der Waals surface area contributed by atoms with Crippen LogP contribution in [-0.4, -0.2) is 113 Å². The summed E-state index contributed by atoms with van der Waals surface area (Å²) in [5, 5.41) is 43.0. The number of rotatable bonds is 7. The van der Waals surface area contributed by atoms with Gasteiger partial charge in [-0.15, -0.1) is 0 Å². The van der Waals surface area contributed by atoms with Crippen molar-refractivity contribution >= 4 is 18.0 Å². The number of ether oxygens (including phenoxy) is 3. The van der Waals surface area contributed by atoms with Crippen molar-refractivity contribution in [3.8, 4) is 0 Å². The highest BCUT2D eigenvalue weighted by Crippen LogP contribution is 2.34. The number of likely N-dealkylation sites (N-methyl/N-ethyl adjacent to an activating group) is 1. The Morgan fingerprint density at radius 1 is 1.10 bits per heavy atom. The molecule has 0 saturated carbocycles. The molecule has 1 fully saturated rings. The molecule has 4 N–H and O–H groups in total. The summed E-state index contributed by atoms with van der Waals surface area (Å²) in [6.45, 7) is 8.42. The third-order valence-electron chi connectivity index (χ3n) is 8.56. The Morgan fingerprint density at radius 2 is 1.76 bits per heavy atom. The second kappa shape index (κ2) is 16.7. The van der Waals surface area contributed by atoms with Gasteiger partial charge in [0.05, 0.1) is 43.5 Å². The number of esters is 1. The lowest BCUT2D eigenvalue weighted by molar-refractivity contribution is -0.304. The first-order chi connectivity index (χ1) is 19.7. The second-order valence-electron chi connectivity index (χ2n) is 12.1. The number of nitrogens with zero attached hydrogens (tertiary/aromatic N) is 1. The van der Waals surface area contributed by atoms with Gasteiger partial charge in [0.1, 0.15) is 18.5 Å². The van der Waals surface area contributed by atoms with Crippen molar-refractivity contribution in [2.24, 2.45) is 23.7 Å². The van der Waals surface area contributed by atoms with Gasteiger partial charge in [-0.3, -0.25) is 9.59 Å². The highest BCUT2D eigenvalue weighted by Gasteiger charge is 2.47. The molecular weight excluding hydrogens is 546 g/mol. The zero-order valence-corrected chi connectivity index (χ0v) is 26.0. The molecule has 0 amide bonds. The Balaban J connectivity index is 2.52. The predicted molar refractivity (Wildman–Crippen MR) is 155 cm³/mol. The Kier molecular flexibility index (Phi) is 14.4. The minimum absolute atomic E-state index is 0.000625. The van der Waals surface area contributed by atoms with Crippen LogP contribution in [0.5, 0.6) is 0 Å². The van der Waals surface area contributed by atoms with Crippen LogP contribution >= 0.6 is 0 Å². The SMILES string of the molecule is CC[C@@H]1OC(=O)C[C@@H](O)[C@H](C)[C@@H](O[C@@H]2O[C@H](C)[C@@H](O)[C@H](N(C)C)[C@H]2O)[C@@H](CC=O)C[C@@H](C)C(=O)/C=C/C(C)=C/[C@@H]1CO. The zero-order valence-electron chi connectivity index (χ0n) is 26.0. The van der Waals surface area contributed by atoms with E-state index in [0.29, 0.717) is 12.0 Å². The van der Waals surface area contributed by atoms with Crippen LogP contribution in [-0.2, 0) is 28.6 Å². The number of ketones is 1. The second-order valence-corrected chi connectivity index (χ2v) is 12.1. The molecule has 11 heteroatoms. The smallest absolute Gasteiger partial charge is 0.308 e. The maximum absolute atomic E-state index is 13.1. The molecule has 2 heterocycles. The van der Waals surface area contributed by atoms with Crippen molar-refractivity contribution in [3.05, 3.63) is 23.8 Å². The fraction of sp³-hybridized carbons (Fsp3) is 0.774. The molecule has 42 heavy (non-hydrogen) atoms. The molecule has 11 nitrogen and oxygen atoms in total. The standard InChI is InChI=1S/C31H51NO10/c1-8-25-22(16-34)13-17(2)9-10-23(35)18(3)14-21(11-12-33)30(19(4)24(36)15-26(37)41-25)42-31-29(39)27(32(6)7)28(38)20(5)40-31/h9-10,12-13,18-22,24-25,27-31,34,36,38-39H,8,11,14-16H2,1-7H3/b10-9+,17-13+/t18-,19+,20-,21+,22-,24-,25+,27+,28-,29-,30-,31+/m1/s1. The van der Waals surface area contributed by atoms with E-state index >= 15 is 0 Å². The lowest BCUT2D eigenvalue weighted by Gasteiger charge is -2.46. The van der Waals surface area contributed by atoms with E-state index in [4.69, 9.17) is 14.2 Å². The van der Waals surface area contributed by atoms with Crippen LogP contribution in [0.4, 0.5) is 0 Å². The van der Waals surface area contributed by atoms with Gasteiger partial charge in [-0.25, -0.2) is 0 Å². The maximum atomic E-state index is 13.1. The summed E-state index contributed by atoms with van der Waals surface area (Å²) < 4.78 is 17.9. The third-order valence-corrected chi connectivity index (χ3v) is 8.56. The topological polar surface area (TPSA) is 163 Å². The summed E-state index contributed by atoms with van der Waals surface area (Å²) in [5.41, 5.74) is 0.714. The lowest BCUT2D eigenvalue weighted by Crippen LogP contribution is -2.63. The van der Waals surface area contributed by atoms with E-state index in [1.54, 1.807) is 58.8 Å². The van der Waals surface area contributed by atoms with Crippen LogP contribution in [0.1, 0.15) is 60.3 Å². The Labute approximate surface area is 249 Å². The van der Waals surface area contributed by atoms with E-state index in [0.717, 1.165) is 6.29 Å². The van der Waals surface area contributed by atoms with Crippen LogP contribution in [0.15, 0.2) is 23.8 Å². The number of aliphatic hydroxyl groups is 4. The first-order valence-corrected chi connectivity index (χ1v) is 14.9. The molecule has 0 bridgehead atoms. The van der Waals surface area contributed by atoms with Crippen LogP contribution in [0.3, 0.4) is 0 Å². The van der Waals surface area contributed by atoms with Gasteiger partial charge in [-0.1, -0.05) is 38.5 Å². The summed E-state index contributed by atoms with van der Waals surface area (Å²) in [6.07, 6.45) is -1.12. The number of aliphatic hydroxyl groups excluding tert-OH is 4. The highest BCUT2D eigenvalue weighted by atomic mass is 16.7. The Morgan fingerprint density at radius 3 is 2.33 bits per heavy atom. The number of hydrogen-bond acceptors (Lipinski definition) is 11. The minimum Gasteiger partial charge on any atom is -0.462 e. The van der Waals surface area contributed by atoms with Gasteiger partial charge in [0, 0.05) is 24.2 Å². The van der Waals surface area contributed by atoms with Crippen LogP contribution in [0.25, 0.3) is 0 Å². The van der Waals surface area contributed by atoms with Crippen molar-refractivity contribution in [1.29, 1.82) is 0 Å². The third kappa shape index (κ3) is 9.51. The zero-order chi connectivity index (χ0) is 31.7. The Bertz CT molecular complexity index is 952. The molecule has 1 saturated heterocycles. The number of carbonyl (C=O) groups is 3. The van der Waals surface area contributed by atoms with E-state index in [-0.39, 0.29) is 31.7 Å². The molecule has 2 aliphatic rings. The van der Waals surface area contributed by atoms with Gasteiger partial charge >= 0.3 is 5.97 Å². The summed E-state index contributed by atoms with van der Waals surface area (Å²) in [7, 11) is 3.43. The van der Waals surface area contributed by atoms with Crippen LogP contribution in [0, 0.1) is 23.7 Å². The fourth-order valence-corrected chi connectivity index (χ4v) is 5.93. The quantitative estimate of drug-likeness (QED) is 0.248. The van der Waals surface area contributed by atoms with Crippen molar-refractivity contribution in [3.63, 3.8) is 0 Å². The molecule has 0 spiro atoms. The lowest BCUT2D eigenvalue weighted by atomic mass is 9.79. The minimum atomic E-state index is -1.27. The number of aldehydes is 1. The molecule has 2 aliphatic heterocycles. The van der Waals surface area contributed by atoms with E-state index in [1.807, 2.05) is 6.92 Å². The first-order valence-electron chi connectivity index (χ1n) is 14.9. The van der Waals surface area contributed by atoms with E-state index < -0.39 is 78.6 Å². The molecule has 0 aromatic carbocycles. The molecular formula is C31H51NO10. The van der Waals surface area contributed by atoms with E-state index in [9.17, 15) is 34.8 Å². The fourth-order valence-electron chi connectivity index (χ4n) is 5.93. The van der Waals surface area contributed by atoms with Crippen molar-refractivity contribution in [2.75, 3.05) is 20.7 Å². The van der Waals surface area contributed by atoms with Crippen LogP contribution in [0.2, 0.25) is 0 Å². The molecule has 0 radical (unpaired) electrons. The average Bonchev–Trinajstić information content (AvgIpc) is 2.93. The van der Waals surface area contributed by atoms with Gasteiger partial charge in [0.15, 0.2) is 12.1 Å². The highest BCUT2D eigenvalue weighted by molar-refractivity contribution is 5.91. The molecule has 12 atom stereocenters. The van der Waals surface area contributed by atoms with Crippen molar-refractivity contribution in [1.82, 2.24) is 4.90 Å². The maximum Gasteiger partial charge on any atom is 0.308 e. The number of hydrogen-bond donors (Lipinski definition) is 4. The first kappa shape index (κ1) is 36.2. The normalized spacial score (nSPS) is 41.6.